The summed E-state index contributed by atoms with van der Waals surface area (Å²) in [5, 5.41) is 0. The number of nitrogens with zero attached hydrogens (tertiary/aromatic N) is 2. The first-order chi connectivity index (χ1) is 18.2. The lowest BCUT2D eigenvalue weighted by molar-refractivity contribution is 0.0910. The van der Waals surface area contributed by atoms with Gasteiger partial charge in [-0.3, -0.25) is 19.2 Å². The number of hydrogen-bond donors (Lipinski definition) is 2. The number of carbonyl (C=O) groups excluding carboxylic acids is 4. The van der Waals surface area contributed by atoms with Gasteiger partial charge in [0.1, 0.15) is 11.6 Å². The molecular weight excluding hydrogens is 494 g/mol. The summed E-state index contributed by atoms with van der Waals surface area (Å²) in [6.07, 6.45) is 0. The van der Waals surface area contributed by atoms with E-state index < -0.39 is 35.3 Å². The molecule has 4 aromatic carbocycles. The second kappa shape index (κ2) is 8.07. The summed E-state index contributed by atoms with van der Waals surface area (Å²) in [5.74, 6) is -3.70. The van der Waals surface area contributed by atoms with Crippen LogP contribution >= 0.6 is 0 Å². The van der Waals surface area contributed by atoms with Crippen LogP contribution < -0.4 is 21.3 Å². The lowest BCUT2D eigenvalue weighted by atomic mass is 9.97. The first-order valence-electron chi connectivity index (χ1n) is 11.3. The van der Waals surface area contributed by atoms with E-state index in [9.17, 15) is 28.0 Å². The Morgan fingerprint density at radius 1 is 0.474 bits per heavy atom. The molecule has 0 atom stereocenters. The van der Waals surface area contributed by atoms with Gasteiger partial charge < -0.3 is 11.5 Å². The van der Waals surface area contributed by atoms with Crippen molar-refractivity contribution in [1.29, 1.82) is 0 Å². The van der Waals surface area contributed by atoms with Gasteiger partial charge in [-0.25, -0.2) is 18.6 Å². The van der Waals surface area contributed by atoms with Crippen molar-refractivity contribution in [2.24, 2.45) is 0 Å². The van der Waals surface area contributed by atoms with Crippen LogP contribution in [0.1, 0.15) is 41.4 Å². The Morgan fingerprint density at radius 2 is 0.842 bits per heavy atom. The predicted octanol–water partition coefficient (Wildman–Crippen LogP) is 4.40. The van der Waals surface area contributed by atoms with Crippen LogP contribution in [0, 0.1) is 11.6 Å². The number of rotatable bonds is 3. The van der Waals surface area contributed by atoms with Gasteiger partial charge in [-0.05, 0) is 71.8 Å². The van der Waals surface area contributed by atoms with Crippen molar-refractivity contribution in [3.63, 3.8) is 0 Å². The Kier molecular flexibility index (Phi) is 4.89. The highest BCUT2D eigenvalue weighted by molar-refractivity contribution is 6.35. The molecule has 0 bridgehead atoms. The van der Waals surface area contributed by atoms with Crippen molar-refractivity contribution in [3.8, 4) is 11.1 Å². The average Bonchev–Trinajstić information content (AvgIpc) is 3.31. The maximum atomic E-state index is 13.6. The van der Waals surface area contributed by atoms with Gasteiger partial charge in [0.15, 0.2) is 0 Å². The van der Waals surface area contributed by atoms with Crippen LogP contribution in [0.3, 0.4) is 0 Å². The third-order valence-electron chi connectivity index (χ3n) is 6.58. The van der Waals surface area contributed by atoms with Gasteiger partial charge in [0, 0.05) is 0 Å². The highest BCUT2D eigenvalue weighted by Gasteiger charge is 2.39. The normalized spacial score (nSPS) is 14.4. The average molecular weight is 510 g/mol. The summed E-state index contributed by atoms with van der Waals surface area (Å²) < 4.78 is 27.2. The Bertz CT molecular complexity index is 1640. The maximum Gasteiger partial charge on any atom is 0.266 e. The van der Waals surface area contributed by atoms with Crippen LogP contribution in [0.4, 0.5) is 31.5 Å². The molecule has 0 aliphatic carbocycles. The van der Waals surface area contributed by atoms with Crippen molar-refractivity contribution in [3.05, 3.63) is 107 Å². The molecule has 0 saturated heterocycles. The molecule has 0 saturated carbocycles. The van der Waals surface area contributed by atoms with Crippen LogP contribution in [-0.2, 0) is 0 Å². The molecule has 4 amide bonds. The fraction of sp³-hybridized carbons (Fsp3) is 0. The lowest BCUT2D eigenvalue weighted by Gasteiger charge is -2.14. The molecule has 4 N–H and O–H groups in total. The highest BCUT2D eigenvalue weighted by Crippen LogP contribution is 2.36. The van der Waals surface area contributed by atoms with Gasteiger partial charge in [0.2, 0.25) is 0 Å². The quantitative estimate of drug-likeness (QED) is 0.311. The number of halogens is 2. The van der Waals surface area contributed by atoms with Gasteiger partial charge in [-0.1, -0.05) is 12.1 Å². The molecule has 0 spiro atoms. The molecule has 2 aliphatic rings. The molecule has 0 fully saturated rings. The number of anilines is 4. The number of nitrogens with two attached hydrogens (primary N) is 2. The zero-order chi connectivity index (χ0) is 26.9. The van der Waals surface area contributed by atoms with E-state index >= 15 is 0 Å². The fourth-order valence-corrected chi connectivity index (χ4v) is 4.65. The minimum atomic E-state index is -0.668. The minimum absolute atomic E-state index is 0.127. The summed E-state index contributed by atoms with van der Waals surface area (Å²) in [5.41, 5.74) is 12.7. The molecule has 2 heterocycles. The van der Waals surface area contributed by atoms with E-state index in [0.29, 0.717) is 11.1 Å². The Labute approximate surface area is 213 Å². The van der Waals surface area contributed by atoms with E-state index in [4.69, 9.17) is 11.5 Å². The van der Waals surface area contributed by atoms with E-state index in [1.54, 1.807) is 12.1 Å². The summed E-state index contributed by atoms with van der Waals surface area (Å²) in [6.45, 7) is 0. The number of imide groups is 2. The molecular formula is C28H16F2N4O4. The second-order valence-electron chi connectivity index (χ2n) is 8.82. The molecule has 2 aliphatic heterocycles. The molecule has 0 aromatic heterocycles. The Hall–Kier alpha value is -5.38. The van der Waals surface area contributed by atoms with Crippen molar-refractivity contribution < 1.29 is 28.0 Å². The smallest absolute Gasteiger partial charge is 0.266 e. The SMILES string of the molecule is Nc1cc(N2C(=O)c3ccc(-c4ccc5c(c4)C(=O)N(c4ccc(F)c(N)c4)C5=O)cc3C2=O)ccc1F. The standard InChI is InChI=1S/C28H16F2N4O4/c29-21-7-3-15(11-23(21)31)33-25(35)17-5-1-13(9-19(17)27(33)37)14-2-6-18-20(10-14)28(38)34(26(18)36)16-4-8-22(30)24(32)12-16/h1-12H,31-32H2. The first kappa shape index (κ1) is 23.0. The number of amides is 4. The highest BCUT2D eigenvalue weighted by atomic mass is 19.1. The van der Waals surface area contributed by atoms with E-state index in [0.717, 1.165) is 21.9 Å². The van der Waals surface area contributed by atoms with Crippen molar-refractivity contribution in [2.45, 2.75) is 0 Å². The molecule has 186 valence electrons. The summed E-state index contributed by atoms with van der Waals surface area (Å²) in [6, 6.07) is 16.4. The molecule has 38 heavy (non-hydrogen) atoms. The van der Waals surface area contributed by atoms with Gasteiger partial charge in [0.05, 0.1) is 45.0 Å². The molecule has 8 nitrogen and oxygen atoms in total. The second-order valence-corrected chi connectivity index (χ2v) is 8.82. The molecule has 6 rings (SSSR count). The fourth-order valence-electron chi connectivity index (χ4n) is 4.65. The van der Waals surface area contributed by atoms with Crippen LogP contribution in [0.2, 0.25) is 0 Å². The van der Waals surface area contributed by atoms with Crippen molar-refractivity contribution in [1.82, 2.24) is 0 Å². The van der Waals surface area contributed by atoms with Crippen LogP contribution in [-0.4, -0.2) is 23.6 Å². The van der Waals surface area contributed by atoms with Gasteiger partial charge in [0.25, 0.3) is 23.6 Å². The molecule has 0 unspecified atom stereocenters. The topological polar surface area (TPSA) is 127 Å². The number of hydrogen-bond acceptors (Lipinski definition) is 6. The van der Waals surface area contributed by atoms with E-state index in [1.807, 2.05) is 0 Å². The monoisotopic (exact) mass is 510 g/mol. The van der Waals surface area contributed by atoms with Crippen molar-refractivity contribution >= 4 is 46.4 Å². The molecule has 4 aromatic rings. The summed E-state index contributed by atoms with van der Waals surface area (Å²) >= 11 is 0. The third-order valence-corrected chi connectivity index (χ3v) is 6.58. The first-order valence-corrected chi connectivity index (χ1v) is 11.3. The maximum absolute atomic E-state index is 13.6. The van der Waals surface area contributed by atoms with Crippen LogP contribution in [0.25, 0.3) is 11.1 Å². The van der Waals surface area contributed by atoms with Gasteiger partial charge in [-0.15, -0.1) is 0 Å². The molecule has 0 radical (unpaired) electrons. The Balaban J connectivity index is 1.35. The lowest BCUT2D eigenvalue weighted by Crippen LogP contribution is -2.29. The largest absolute Gasteiger partial charge is 0.396 e. The summed E-state index contributed by atoms with van der Waals surface area (Å²) in [4.78, 5) is 54.0. The zero-order valence-corrected chi connectivity index (χ0v) is 19.4. The third kappa shape index (κ3) is 3.27. The van der Waals surface area contributed by atoms with Crippen molar-refractivity contribution in [2.75, 3.05) is 21.3 Å². The van der Waals surface area contributed by atoms with Crippen LogP contribution in [0.5, 0.6) is 0 Å². The van der Waals surface area contributed by atoms with Gasteiger partial charge >= 0.3 is 0 Å². The summed E-state index contributed by atoms with van der Waals surface area (Å²) in [7, 11) is 0. The zero-order valence-electron chi connectivity index (χ0n) is 19.4. The molecule has 10 heteroatoms. The number of nitrogen functional groups attached to an aromatic ring is 2. The van der Waals surface area contributed by atoms with E-state index in [-0.39, 0.29) is 45.0 Å². The van der Waals surface area contributed by atoms with E-state index in [2.05, 4.69) is 0 Å². The number of fused-ring (bicyclic) bond motifs is 2. The Morgan fingerprint density at radius 3 is 1.21 bits per heavy atom. The minimum Gasteiger partial charge on any atom is -0.396 e. The van der Waals surface area contributed by atoms with Gasteiger partial charge in [-0.2, -0.15) is 0 Å². The van der Waals surface area contributed by atoms with Crippen LogP contribution in [0.15, 0.2) is 72.8 Å². The number of carbonyl (C=O) groups is 4. The van der Waals surface area contributed by atoms with E-state index in [1.165, 1.54) is 48.5 Å². The predicted molar refractivity (Wildman–Crippen MR) is 136 cm³/mol. The number of benzene rings is 4.